The Morgan fingerprint density at radius 2 is 0.932 bits per heavy atom. The van der Waals surface area contributed by atoms with Crippen molar-refractivity contribution in [1.82, 2.24) is 9.97 Å². The molecule has 386 valence electrons. The molecule has 0 amide bonds. The number of hydrogen-bond acceptors (Lipinski definition) is 10. The zero-order valence-electron chi connectivity index (χ0n) is 42.1. The predicted molar refractivity (Wildman–Crippen MR) is 286 cm³/mol. The van der Waals surface area contributed by atoms with Gasteiger partial charge in [0, 0.05) is 71.8 Å². The van der Waals surface area contributed by atoms with Crippen LogP contribution in [-0.2, 0) is 33.3 Å². The average molecular weight is 1040 g/mol. The molecule has 4 bridgehead atoms. The molecule has 6 fully saturated rings. The molecule has 13 rings (SSSR count). The summed E-state index contributed by atoms with van der Waals surface area (Å²) in [4.78, 5) is 8.82. The summed E-state index contributed by atoms with van der Waals surface area (Å²) in [6.45, 7) is 18.1. The molecule has 2 aromatic heterocycles. The van der Waals surface area contributed by atoms with E-state index in [4.69, 9.17) is 0 Å². The molecule has 0 spiro atoms. The number of hydrogen-bond donors (Lipinski definition) is 2. The first-order valence-corrected chi connectivity index (χ1v) is 28.3. The fourth-order valence-electron chi connectivity index (χ4n) is 12.8. The van der Waals surface area contributed by atoms with E-state index in [0.717, 1.165) is 105 Å². The van der Waals surface area contributed by atoms with Gasteiger partial charge in [0.15, 0.2) is 0 Å². The number of aliphatic hydroxyl groups excluding tert-OH is 2. The summed E-state index contributed by atoms with van der Waals surface area (Å²) < 4.78 is 64.1. The Morgan fingerprint density at radius 3 is 1.28 bits per heavy atom. The van der Waals surface area contributed by atoms with Gasteiger partial charge in [0.2, 0.25) is 0 Å². The highest BCUT2D eigenvalue weighted by Crippen LogP contribution is 2.50. The van der Waals surface area contributed by atoms with E-state index in [1.165, 1.54) is 48.2 Å². The number of aromatic nitrogens is 2. The van der Waals surface area contributed by atoms with Crippen molar-refractivity contribution in [3.05, 3.63) is 205 Å². The van der Waals surface area contributed by atoms with Crippen LogP contribution >= 0.6 is 0 Å². The Labute approximate surface area is 436 Å². The zero-order valence-corrected chi connectivity index (χ0v) is 43.7. The smallest absolute Gasteiger partial charge is 0.131 e. The van der Waals surface area contributed by atoms with Crippen LogP contribution < -0.4 is 0 Å². The lowest BCUT2D eigenvalue weighted by atomic mass is 9.71. The molecule has 0 radical (unpaired) electrons. The first kappa shape index (κ1) is 52.9. The van der Waals surface area contributed by atoms with Gasteiger partial charge in [-0.05, 0) is 85.3 Å². The Bertz CT molecular complexity index is 3120. The van der Waals surface area contributed by atoms with E-state index in [2.05, 4.69) is 71.7 Å². The molecule has 7 aromatic rings. The van der Waals surface area contributed by atoms with Crippen LogP contribution in [0.15, 0.2) is 181 Å². The molecule has 2 unspecified atom stereocenters. The van der Waals surface area contributed by atoms with Crippen LogP contribution in [0.2, 0.25) is 0 Å². The third-order valence-electron chi connectivity index (χ3n) is 16.7. The molecule has 6 aliphatic rings. The summed E-state index contributed by atoms with van der Waals surface area (Å²) in [5.74, 6) is 2.09. The topological polar surface area (TPSA) is 181 Å². The van der Waals surface area contributed by atoms with Crippen LogP contribution in [0.4, 0.5) is 0 Å². The maximum absolute atomic E-state index is 12.2. The molecule has 0 aliphatic carbocycles. The van der Waals surface area contributed by atoms with Crippen molar-refractivity contribution in [2.75, 3.05) is 26.2 Å². The van der Waals surface area contributed by atoms with E-state index in [9.17, 15) is 36.2 Å². The van der Waals surface area contributed by atoms with E-state index >= 15 is 0 Å². The highest BCUT2D eigenvalue weighted by Gasteiger charge is 2.55. The van der Waals surface area contributed by atoms with Crippen LogP contribution in [0.5, 0.6) is 0 Å². The number of rotatable bonds is 12. The van der Waals surface area contributed by atoms with E-state index in [1.807, 2.05) is 74.8 Å². The van der Waals surface area contributed by atoms with Gasteiger partial charge in [0.25, 0.3) is 0 Å². The van der Waals surface area contributed by atoms with Crippen LogP contribution in [0.3, 0.4) is 0 Å². The fourth-order valence-corrected chi connectivity index (χ4v) is 13.8. The van der Waals surface area contributed by atoms with Crippen molar-refractivity contribution in [2.24, 2.45) is 23.7 Å². The summed E-state index contributed by atoms with van der Waals surface area (Å²) in [6, 6.07) is 41.7. The monoisotopic (exact) mass is 1030 g/mol. The molecule has 12 nitrogen and oxygen atoms in total. The number of quaternary nitrogens is 2. The largest absolute Gasteiger partial charge is 0.744 e. The molecule has 8 heterocycles. The Morgan fingerprint density at radius 1 is 0.568 bits per heavy atom. The van der Waals surface area contributed by atoms with E-state index in [-0.39, 0.29) is 21.9 Å². The van der Waals surface area contributed by atoms with Gasteiger partial charge in [-0.15, -0.1) is 13.2 Å². The zero-order chi connectivity index (χ0) is 52.4. The van der Waals surface area contributed by atoms with Crippen molar-refractivity contribution in [2.45, 2.75) is 86.7 Å². The molecule has 2 N–H and O–H groups in total. The highest BCUT2D eigenvalue weighted by atomic mass is 32.2. The van der Waals surface area contributed by atoms with Gasteiger partial charge in [-0.1, -0.05) is 108 Å². The van der Waals surface area contributed by atoms with Gasteiger partial charge in [-0.2, -0.15) is 0 Å². The van der Waals surface area contributed by atoms with Crippen LogP contribution in [-0.4, -0.2) is 93.4 Å². The van der Waals surface area contributed by atoms with Gasteiger partial charge < -0.3 is 28.3 Å². The summed E-state index contributed by atoms with van der Waals surface area (Å²) >= 11 is 0. The number of nitrogens with zero attached hydrogens (tertiary/aromatic N) is 4. The number of aryl methyl sites for hydroxylation is 2. The van der Waals surface area contributed by atoms with Crippen molar-refractivity contribution in [3.63, 3.8) is 0 Å². The number of benzene rings is 5. The van der Waals surface area contributed by atoms with Gasteiger partial charge in [-0.25, -0.2) is 16.8 Å². The molecular weight excluding hydrogens is 969 g/mol. The second-order valence-corrected chi connectivity index (χ2v) is 23.9. The lowest BCUT2D eigenvalue weighted by Gasteiger charge is -2.58. The summed E-state index contributed by atoms with van der Waals surface area (Å²) in [7, 11) is -8.54. The quantitative estimate of drug-likeness (QED) is 0.0679. The number of para-hydroxylation sites is 2. The SMILES string of the molecule is C=C[C@H]1C[N+]2(Cc3ccc(C[N+]45CC[C@@H](C[C@H]4[C@H](O)c4ccnc6ccccc46)[C@@H](C=C)C5)cc3)CC[C@H]1C[C@H]2[C@H](O)c1ccnc2ccccc12.Cc1ccc(S(=O)(=O)[O-])cc1.Cc1ccc(S(=O)(=O)[O-])cc1. The number of piperidine rings is 6. The first-order valence-electron chi connectivity index (χ1n) is 25.5. The molecule has 0 saturated carbocycles. The Hall–Kier alpha value is -5.94. The van der Waals surface area contributed by atoms with Crippen molar-refractivity contribution < 1.29 is 45.1 Å². The second-order valence-electron chi connectivity index (χ2n) is 21.1. The molecule has 10 atom stereocenters. The minimum Gasteiger partial charge on any atom is -0.744 e. The number of fused-ring (bicyclic) bond motifs is 8. The van der Waals surface area contributed by atoms with Gasteiger partial charge in [-0.3, -0.25) is 9.97 Å². The van der Waals surface area contributed by atoms with Crippen molar-refractivity contribution in [3.8, 4) is 0 Å². The molecule has 6 aliphatic heterocycles. The lowest BCUT2D eigenvalue weighted by molar-refractivity contribution is -0.985. The highest BCUT2D eigenvalue weighted by molar-refractivity contribution is 7.86. The maximum atomic E-state index is 12.2. The molecular formula is C60H66N4O8S2. The van der Waals surface area contributed by atoms with Crippen molar-refractivity contribution >= 4 is 42.0 Å². The van der Waals surface area contributed by atoms with Crippen LogP contribution in [0.25, 0.3) is 21.8 Å². The standard InChI is InChI=1S/C46H52N4O2.2C7H8O3S/c1-3-33-29-49(23-19-35(33)25-43(49)45(51)39-17-21-47-41-11-7-5-9-37(39)41)27-31-13-15-32(16-14-31)28-50-24-20-36(34(4-2)30-50)26-44(50)46(52)40-18-22-48-42-12-8-6-10-38(40)42;2*1-6-2-4-7(5-3-6)11(8,9)10/h3-18,21-22,33-36,43-46,51-52H,1-2,19-20,23-30H2;2*2-5H,1H3,(H,8,9,10)/q+2;;/p-2/t33-,34-,35-,36-,43-,44-,45+,46+,49?,50?;;/m0../s1. The summed E-state index contributed by atoms with van der Waals surface area (Å²) in [5.41, 5.74) is 8.38. The van der Waals surface area contributed by atoms with E-state index < -0.39 is 32.4 Å². The predicted octanol–water partition coefficient (Wildman–Crippen LogP) is 9.87. The minimum absolute atomic E-state index is 0.121. The van der Waals surface area contributed by atoms with E-state index in [1.54, 1.807) is 24.3 Å². The van der Waals surface area contributed by atoms with E-state index in [0.29, 0.717) is 23.7 Å². The lowest BCUT2D eigenvalue weighted by Crippen LogP contribution is -2.67. The third-order valence-corrected chi connectivity index (χ3v) is 18.4. The first-order chi connectivity index (χ1) is 35.4. The average Bonchev–Trinajstić information content (AvgIpc) is 3.41. The fraction of sp³-hybridized carbons (Fsp3) is 0.333. The molecule has 14 heteroatoms. The van der Waals surface area contributed by atoms with Crippen LogP contribution in [0.1, 0.15) is 71.3 Å². The molecule has 74 heavy (non-hydrogen) atoms. The Kier molecular flexibility index (Phi) is 15.5. The van der Waals surface area contributed by atoms with Gasteiger partial charge in [0.05, 0.1) is 47.0 Å². The molecule has 5 aromatic carbocycles. The number of pyridine rings is 2. The maximum Gasteiger partial charge on any atom is 0.131 e. The van der Waals surface area contributed by atoms with Gasteiger partial charge >= 0.3 is 0 Å². The van der Waals surface area contributed by atoms with Gasteiger partial charge in [0.1, 0.15) is 57.6 Å². The summed E-state index contributed by atoms with van der Waals surface area (Å²) in [5, 5.41) is 26.5. The van der Waals surface area contributed by atoms with Crippen LogP contribution in [0, 0.1) is 37.5 Å². The normalized spacial score (nSPS) is 26.0. The second kappa shape index (κ2) is 21.7. The Balaban J connectivity index is 0.000000252. The summed E-state index contributed by atoms with van der Waals surface area (Å²) in [6.07, 6.45) is 11.3. The van der Waals surface area contributed by atoms with Crippen molar-refractivity contribution in [1.29, 1.82) is 0 Å². The minimum atomic E-state index is -4.27. The third kappa shape index (κ3) is 11.2. The number of aliphatic hydroxyl groups is 2. The molecule has 6 saturated heterocycles.